The lowest BCUT2D eigenvalue weighted by molar-refractivity contribution is 0.0571. The van der Waals surface area contributed by atoms with Gasteiger partial charge in [-0.1, -0.05) is 24.3 Å². The SMILES string of the molecule is CC1OC1(C)CN1C(=O)c2cccc3cccc(c23)C1=O. The van der Waals surface area contributed by atoms with Gasteiger partial charge in [-0.05, 0) is 31.4 Å². The number of benzene rings is 2. The number of ether oxygens (including phenoxy) is 1. The second kappa shape index (κ2) is 3.92. The van der Waals surface area contributed by atoms with Gasteiger partial charge in [0.15, 0.2) is 0 Å². The van der Waals surface area contributed by atoms with E-state index in [0.717, 1.165) is 10.8 Å². The summed E-state index contributed by atoms with van der Waals surface area (Å²) in [5, 5.41) is 1.69. The Morgan fingerprint density at radius 1 is 1.10 bits per heavy atom. The molecule has 2 aliphatic rings. The number of hydrogen-bond acceptors (Lipinski definition) is 3. The van der Waals surface area contributed by atoms with Crippen LogP contribution in [0.4, 0.5) is 0 Å². The third-order valence-corrected chi connectivity index (χ3v) is 4.58. The van der Waals surface area contributed by atoms with Crippen molar-refractivity contribution < 1.29 is 14.3 Å². The third kappa shape index (κ3) is 1.66. The Labute approximate surface area is 122 Å². The summed E-state index contributed by atoms with van der Waals surface area (Å²) in [6, 6.07) is 11.1. The summed E-state index contributed by atoms with van der Waals surface area (Å²) in [5.41, 5.74) is 0.782. The van der Waals surface area contributed by atoms with E-state index in [9.17, 15) is 9.59 Å². The summed E-state index contributed by atoms with van der Waals surface area (Å²) in [5.74, 6) is -0.457. The molecule has 0 N–H and O–H groups in total. The van der Waals surface area contributed by atoms with Crippen LogP contribution in [0, 0.1) is 0 Å². The first-order chi connectivity index (χ1) is 10.0. The average Bonchev–Trinajstić information content (AvgIpc) is 3.08. The molecule has 0 radical (unpaired) electrons. The minimum atomic E-state index is -0.411. The number of nitrogens with zero attached hydrogens (tertiary/aromatic N) is 1. The lowest BCUT2D eigenvalue weighted by Gasteiger charge is -2.28. The zero-order valence-electron chi connectivity index (χ0n) is 11.9. The Morgan fingerprint density at radius 2 is 1.62 bits per heavy atom. The second-order valence-corrected chi connectivity index (χ2v) is 5.98. The van der Waals surface area contributed by atoms with Crippen molar-refractivity contribution in [3.63, 3.8) is 0 Å². The normalized spacial score (nSPS) is 27.3. The highest BCUT2D eigenvalue weighted by Crippen LogP contribution is 2.38. The quantitative estimate of drug-likeness (QED) is 0.628. The Bertz CT molecular complexity index is 747. The van der Waals surface area contributed by atoms with E-state index >= 15 is 0 Å². The van der Waals surface area contributed by atoms with Crippen molar-refractivity contribution in [1.82, 2.24) is 4.90 Å². The van der Waals surface area contributed by atoms with Crippen molar-refractivity contribution in [2.75, 3.05) is 6.54 Å². The molecule has 4 rings (SSSR count). The van der Waals surface area contributed by atoms with Crippen LogP contribution in [-0.4, -0.2) is 35.0 Å². The van der Waals surface area contributed by atoms with Gasteiger partial charge in [0.2, 0.25) is 0 Å². The summed E-state index contributed by atoms with van der Waals surface area (Å²) < 4.78 is 5.52. The van der Waals surface area contributed by atoms with Crippen LogP contribution in [0.15, 0.2) is 36.4 Å². The van der Waals surface area contributed by atoms with Crippen LogP contribution in [0.2, 0.25) is 0 Å². The van der Waals surface area contributed by atoms with Gasteiger partial charge in [0.05, 0.1) is 12.6 Å². The van der Waals surface area contributed by atoms with Crippen molar-refractivity contribution >= 4 is 22.6 Å². The van der Waals surface area contributed by atoms with Crippen molar-refractivity contribution in [3.8, 4) is 0 Å². The number of carbonyl (C=O) groups excluding carboxylic acids is 2. The van der Waals surface area contributed by atoms with E-state index in [2.05, 4.69) is 0 Å². The van der Waals surface area contributed by atoms with Crippen LogP contribution < -0.4 is 0 Å². The number of hydrogen-bond donors (Lipinski definition) is 0. The highest BCUT2D eigenvalue weighted by Gasteiger charge is 2.52. The van der Waals surface area contributed by atoms with E-state index in [0.29, 0.717) is 17.7 Å². The van der Waals surface area contributed by atoms with Crippen LogP contribution in [0.1, 0.15) is 34.6 Å². The van der Waals surface area contributed by atoms with Gasteiger partial charge < -0.3 is 4.74 Å². The second-order valence-electron chi connectivity index (χ2n) is 5.98. The van der Waals surface area contributed by atoms with Crippen LogP contribution >= 0.6 is 0 Å². The first-order valence-corrected chi connectivity index (χ1v) is 7.07. The standard InChI is InChI=1S/C17H15NO3/c1-10-17(2,21-10)9-18-15(19)12-7-3-5-11-6-4-8-13(14(11)12)16(18)20/h3-8,10H,9H2,1-2H3. The summed E-state index contributed by atoms with van der Waals surface area (Å²) in [7, 11) is 0. The number of rotatable bonds is 2. The minimum absolute atomic E-state index is 0.0751. The van der Waals surface area contributed by atoms with E-state index in [1.54, 1.807) is 12.1 Å². The van der Waals surface area contributed by atoms with Crippen LogP contribution in [0.5, 0.6) is 0 Å². The maximum Gasteiger partial charge on any atom is 0.261 e. The Balaban J connectivity index is 1.85. The summed E-state index contributed by atoms with van der Waals surface area (Å²) >= 11 is 0. The molecule has 1 fully saturated rings. The predicted molar refractivity (Wildman–Crippen MR) is 78.3 cm³/mol. The molecule has 2 heterocycles. The highest BCUT2D eigenvalue weighted by molar-refractivity contribution is 6.25. The number of epoxide rings is 1. The van der Waals surface area contributed by atoms with Crippen molar-refractivity contribution in [2.45, 2.75) is 25.6 Å². The minimum Gasteiger partial charge on any atom is -0.365 e. The molecule has 4 nitrogen and oxygen atoms in total. The molecule has 2 aromatic carbocycles. The highest BCUT2D eigenvalue weighted by atomic mass is 16.6. The lowest BCUT2D eigenvalue weighted by atomic mass is 9.93. The molecule has 2 atom stereocenters. The molecule has 21 heavy (non-hydrogen) atoms. The Hall–Kier alpha value is -2.20. The maximum absolute atomic E-state index is 12.7. The van der Waals surface area contributed by atoms with E-state index in [1.807, 2.05) is 38.1 Å². The molecule has 106 valence electrons. The zero-order chi connectivity index (χ0) is 14.8. The number of amides is 2. The van der Waals surface area contributed by atoms with Gasteiger partial charge in [-0.15, -0.1) is 0 Å². The Kier molecular flexibility index (Phi) is 2.34. The van der Waals surface area contributed by atoms with Gasteiger partial charge in [-0.25, -0.2) is 0 Å². The van der Waals surface area contributed by atoms with E-state index in [4.69, 9.17) is 4.74 Å². The van der Waals surface area contributed by atoms with Gasteiger partial charge in [0.1, 0.15) is 5.60 Å². The fraction of sp³-hybridized carbons (Fsp3) is 0.294. The van der Waals surface area contributed by atoms with Crippen molar-refractivity contribution in [1.29, 1.82) is 0 Å². The molecule has 0 bridgehead atoms. The largest absolute Gasteiger partial charge is 0.365 e. The summed E-state index contributed by atoms with van der Waals surface area (Å²) in [6.07, 6.45) is 0.0751. The van der Waals surface area contributed by atoms with Crippen molar-refractivity contribution in [3.05, 3.63) is 47.5 Å². The van der Waals surface area contributed by atoms with Gasteiger partial charge in [0.25, 0.3) is 11.8 Å². The fourth-order valence-electron chi connectivity index (χ4n) is 3.07. The van der Waals surface area contributed by atoms with Crippen LogP contribution in [0.3, 0.4) is 0 Å². The smallest absolute Gasteiger partial charge is 0.261 e. The first kappa shape index (κ1) is 12.5. The molecule has 2 unspecified atom stereocenters. The third-order valence-electron chi connectivity index (χ3n) is 4.58. The molecule has 0 spiro atoms. The molecule has 1 saturated heterocycles. The summed E-state index contributed by atoms with van der Waals surface area (Å²) in [6.45, 7) is 4.18. The van der Waals surface area contributed by atoms with E-state index < -0.39 is 5.60 Å². The van der Waals surface area contributed by atoms with E-state index in [-0.39, 0.29) is 17.9 Å². The number of imide groups is 1. The number of carbonyl (C=O) groups is 2. The molecule has 2 amide bonds. The monoisotopic (exact) mass is 281 g/mol. The van der Waals surface area contributed by atoms with Crippen LogP contribution in [0.25, 0.3) is 10.8 Å². The molecule has 2 aliphatic heterocycles. The average molecular weight is 281 g/mol. The molecule has 0 aromatic heterocycles. The topological polar surface area (TPSA) is 49.9 Å². The lowest BCUT2D eigenvalue weighted by Crippen LogP contribution is -2.45. The first-order valence-electron chi connectivity index (χ1n) is 7.07. The molecule has 0 aliphatic carbocycles. The molecule has 4 heteroatoms. The van der Waals surface area contributed by atoms with Crippen molar-refractivity contribution in [2.24, 2.45) is 0 Å². The Morgan fingerprint density at radius 3 is 2.10 bits per heavy atom. The van der Waals surface area contributed by atoms with Gasteiger partial charge in [-0.3, -0.25) is 14.5 Å². The van der Waals surface area contributed by atoms with Gasteiger partial charge in [0, 0.05) is 16.5 Å². The molecule has 2 aromatic rings. The zero-order valence-corrected chi connectivity index (χ0v) is 11.9. The maximum atomic E-state index is 12.7. The van der Waals surface area contributed by atoms with Gasteiger partial charge >= 0.3 is 0 Å². The fourth-order valence-corrected chi connectivity index (χ4v) is 3.07. The predicted octanol–water partition coefficient (Wildman–Crippen LogP) is 2.61. The van der Waals surface area contributed by atoms with E-state index in [1.165, 1.54) is 4.90 Å². The molecular weight excluding hydrogens is 266 g/mol. The van der Waals surface area contributed by atoms with Crippen LogP contribution in [-0.2, 0) is 4.74 Å². The molecular formula is C17H15NO3. The summed E-state index contributed by atoms with van der Waals surface area (Å²) in [4.78, 5) is 26.7. The molecule has 0 saturated carbocycles. The van der Waals surface area contributed by atoms with Gasteiger partial charge in [-0.2, -0.15) is 0 Å².